The van der Waals surface area contributed by atoms with Gasteiger partial charge >= 0.3 is 5.97 Å². The van der Waals surface area contributed by atoms with E-state index in [0.717, 1.165) is 63.4 Å². The van der Waals surface area contributed by atoms with Crippen LogP contribution in [-0.4, -0.2) is 99.2 Å². The molecule has 0 radical (unpaired) electrons. The van der Waals surface area contributed by atoms with Gasteiger partial charge in [-0.05, 0) is 19.7 Å². The highest BCUT2D eigenvalue weighted by molar-refractivity contribution is 9.28. The molecule has 0 saturated heterocycles. The van der Waals surface area contributed by atoms with E-state index in [1.807, 2.05) is 0 Å². The Bertz CT molecular complexity index is 395. The molecule has 0 atom stereocenters. The fraction of sp³-hybridized carbons (Fsp3) is 0.917. The first-order chi connectivity index (χ1) is 14.4. The lowest BCUT2D eigenvalue weighted by molar-refractivity contribution is -0.134. The highest BCUT2D eigenvalue weighted by Crippen LogP contribution is 2.53. The maximum absolute atomic E-state index is 11.3. The Hall–Kier alpha value is 1.95. The lowest BCUT2D eigenvalue weighted by Gasteiger charge is -2.25. The van der Waals surface area contributed by atoms with E-state index in [4.69, 9.17) is 8.37 Å². The summed E-state index contributed by atoms with van der Waals surface area (Å²) >= 11 is 1.90. The molecule has 0 bridgehead atoms. The molecule has 0 aromatic heterocycles. The molecule has 10 nitrogen and oxygen atoms in total. The minimum Gasteiger partial charge on any atom is -0.480 e. The Morgan fingerprint density at radius 2 is 1.00 bits per heavy atom. The smallest absolute Gasteiger partial charge is 0.328 e. The van der Waals surface area contributed by atoms with Gasteiger partial charge in [-0.3, -0.25) is 4.79 Å². The molecular formula is C12H24O10S8. The minimum atomic E-state index is -1.12. The van der Waals surface area contributed by atoms with Gasteiger partial charge in [0.2, 0.25) is 0 Å². The van der Waals surface area contributed by atoms with Crippen LogP contribution in [0.5, 0.6) is 0 Å². The van der Waals surface area contributed by atoms with Crippen molar-refractivity contribution < 1.29 is 48.9 Å². The molecule has 0 unspecified atom stereocenters. The Kier molecular flexibility index (Phi) is 20.5. The van der Waals surface area contributed by atoms with Crippen LogP contribution in [0.3, 0.4) is 0 Å². The summed E-state index contributed by atoms with van der Waals surface area (Å²) in [5.74, 6) is -1.01. The molecule has 0 fully saturated rings. The average molecular weight is 585 g/mol. The van der Waals surface area contributed by atoms with Gasteiger partial charge in [0.1, 0.15) is 0 Å². The van der Waals surface area contributed by atoms with Crippen molar-refractivity contribution in [1.29, 1.82) is 0 Å². The number of hydrogen-bond donors (Lipinski definition) is 7. The molecule has 0 aliphatic heterocycles. The van der Waals surface area contributed by atoms with Gasteiger partial charge in [0.05, 0.1) is 85.8 Å². The van der Waals surface area contributed by atoms with Gasteiger partial charge in [-0.15, -0.1) is 0 Å². The normalized spacial score (nSPS) is 12.6. The van der Waals surface area contributed by atoms with E-state index >= 15 is 0 Å². The Labute approximate surface area is 205 Å². The van der Waals surface area contributed by atoms with Gasteiger partial charge in [0.15, 0.2) is 4.58 Å². The summed E-state index contributed by atoms with van der Waals surface area (Å²) in [4.78, 5) is 11.3. The highest BCUT2D eigenvalue weighted by Gasteiger charge is 2.30. The van der Waals surface area contributed by atoms with Crippen molar-refractivity contribution in [2.24, 2.45) is 10.8 Å². The first-order valence-corrected chi connectivity index (χ1v) is 17.4. The van der Waals surface area contributed by atoms with Crippen molar-refractivity contribution in [1.82, 2.24) is 0 Å². The van der Waals surface area contributed by atoms with Crippen molar-refractivity contribution in [2.75, 3.05) is 52.9 Å². The fourth-order valence-electron chi connectivity index (χ4n) is 1.14. The molecule has 0 heterocycles. The predicted octanol–water partition coefficient (Wildman–Crippen LogP) is 1.54. The molecule has 0 saturated carbocycles. The Morgan fingerprint density at radius 3 is 1.27 bits per heavy atom. The van der Waals surface area contributed by atoms with E-state index in [1.54, 1.807) is 0 Å². The largest absolute Gasteiger partial charge is 0.480 e. The van der Waals surface area contributed by atoms with E-state index in [0.29, 0.717) is 0 Å². The summed E-state index contributed by atoms with van der Waals surface area (Å²) in [5, 5.41) is 64.4. The molecule has 18 heteroatoms. The third kappa shape index (κ3) is 13.0. The predicted molar refractivity (Wildman–Crippen MR) is 131 cm³/mol. The summed E-state index contributed by atoms with van der Waals surface area (Å²) in [5.41, 5.74) is -2.24. The Balaban J connectivity index is 3.98. The van der Waals surface area contributed by atoms with Crippen LogP contribution in [0.15, 0.2) is 0 Å². The number of carboxylic acid groups (broad SMARTS) is 1. The summed E-state index contributed by atoms with van der Waals surface area (Å²) in [6, 6.07) is 0. The molecule has 7 N–H and O–H groups in total. The number of carbonyl (C=O) groups is 1. The monoisotopic (exact) mass is 584 g/mol. The van der Waals surface area contributed by atoms with Crippen LogP contribution >= 0.6 is 83.0 Å². The molecule has 180 valence electrons. The van der Waals surface area contributed by atoms with E-state index < -0.39 is 61.0 Å². The SMILES string of the molecule is O=C(O)C(SSSSOCC(CO)(CO)CO)SSSSOCC(CO)(CO)CO. The van der Waals surface area contributed by atoms with Crippen LogP contribution in [-0.2, 0) is 13.2 Å². The maximum Gasteiger partial charge on any atom is 0.328 e. The minimum absolute atomic E-state index is 0.0651. The first kappa shape index (κ1) is 31.9. The second-order valence-electron chi connectivity index (χ2n) is 5.74. The molecule has 0 aliphatic rings. The van der Waals surface area contributed by atoms with Gasteiger partial charge in [0.25, 0.3) is 0 Å². The van der Waals surface area contributed by atoms with Crippen molar-refractivity contribution in [3.8, 4) is 0 Å². The molecule has 0 rings (SSSR count). The van der Waals surface area contributed by atoms with Crippen molar-refractivity contribution in [3.05, 3.63) is 0 Å². The van der Waals surface area contributed by atoms with E-state index in [-0.39, 0.29) is 13.2 Å². The lowest BCUT2D eigenvalue weighted by atomic mass is 9.93. The third-order valence-electron chi connectivity index (χ3n) is 3.41. The number of rotatable bonds is 21. The van der Waals surface area contributed by atoms with Crippen molar-refractivity contribution >= 4 is 89.0 Å². The van der Waals surface area contributed by atoms with E-state index in [1.165, 1.54) is 19.7 Å². The van der Waals surface area contributed by atoms with Crippen LogP contribution in [0.4, 0.5) is 0 Å². The quantitative estimate of drug-likeness (QED) is 0.0447. The number of aliphatic hydroxyl groups is 6. The zero-order chi connectivity index (χ0) is 22.9. The molecule has 0 amide bonds. The second kappa shape index (κ2) is 19.3. The first-order valence-electron chi connectivity index (χ1n) is 7.82. The standard InChI is InChI=1S/C12H24O10S8/c13-1-11(2-14,3-15)7-21-25-29-27-23-10(9(19)20)24-28-30-26-22-8-12(4-16,5-17)6-18/h10,13-18H,1-8H2,(H,19,20). The Morgan fingerprint density at radius 1 is 0.667 bits per heavy atom. The van der Waals surface area contributed by atoms with E-state index in [9.17, 15) is 40.5 Å². The topological polar surface area (TPSA) is 177 Å². The van der Waals surface area contributed by atoms with Crippen LogP contribution in [0.2, 0.25) is 0 Å². The number of carboxylic acids is 1. The van der Waals surface area contributed by atoms with Crippen molar-refractivity contribution in [3.63, 3.8) is 0 Å². The third-order valence-corrected chi connectivity index (χ3v) is 15.6. The van der Waals surface area contributed by atoms with Gasteiger partial charge in [-0.1, -0.05) is 21.6 Å². The lowest BCUT2D eigenvalue weighted by Crippen LogP contribution is -2.37. The zero-order valence-corrected chi connectivity index (χ0v) is 21.9. The summed E-state index contributed by atoms with van der Waals surface area (Å²) in [6.07, 6.45) is 0. The van der Waals surface area contributed by atoms with Gasteiger partial charge < -0.3 is 44.1 Å². The highest BCUT2D eigenvalue weighted by atomic mass is 33.7. The number of aliphatic carboxylic acids is 1. The number of aliphatic hydroxyl groups excluding tert-OH is 6. The zero-order valence-electron chi connectivity index (χ0n) is 15.4. The van der Waals surface area contributed by atoms with Crippen LogP contribution in [0, 0.1) is 10.8 Å². The molecule has 0 aliphatic carbocycles. The molecule has 0 aromatic carbocycles. The molecule has 0 spiro atoms. The van der Waals surface area contributed by atoms with Gasteiger partial charge in [-0.2, -0.15) is 0 Å². The maximum atomic E-state index is 11.3. The molecule has 30 heavy (non-hydrogen) atoms. The van der Waals surface area contributed by atoms with Crippen LogP contribution in [0.25, 0.3) is 0 Å². The summed E-state index contributed by atoms with van der Waals surface area (Å²) in [6.45, 7) is -2.70. The van der Waals surface area contributed by atoms with E-state index in [2.05, 4.69) is 0 Å². The fourth-order valence-corrected chi connectivity index (χ4v) is 13.0. The molecular weight excluding hydrogens is 561 g/mol. The summed E-state index contributed by atoms with van der Waals surface area (Å²) < 4.78 is 9.67. The van der Waals surface area contributed by atoms with Crippen LogP contribution < -0.4 is 0 Å². The van der Waals surface area contributed by atoms with Crippen molar-refractivity contribution in [2.45, 2.75) is 4.58 Å². The number of hydrogen-bond acceptors (Lipinski definition) is 17. The molecule has 0 aromatic rings. The van der Waals surface area contributed by atoms with Crippen LogP contribution in [0.1, 0.15) is 0 Å². The average Bonchev–Trinajstić information content (AvgIpc) is 2.77. The van der Waals surface area contributed by atoms with Gasteiger partial charge in [-0.25, -0.2) is 0 Å². The second-order valence-corrected chi connectivity index (χ2v) is 17.2. The summed E-state index contributed by atoms with van der Waals surface area (Å²) in [7, 11) is 6.88. The van der Waals surface area contributed by atoms with Gasteiger partial charge in [0, 0.05) is 19.7 Å².